The molecule has 1 fully saturated rings. The summed E-state index contributed by atoms with van der Waals surface area (Å²) in [7, 11) is -2.40. The predicted octanol–water partition coefficient (Wildman–Crippen LogP) is 2.10. The van der Waals surface area contributed by atoms with Crippen molar-refractivity contribution in [1.82, 2.24) is 15.3 Å². The van der Waals surface area contributed by atoms with E-state index in [9.17, 15) is 18.9 Å². The number of hydrogen-bond donors (Lipinski definition) is 2. The van der Waals surface area contributed by atoms with Crippen LogP contribution in [0.4, 0.5) is 0 Å². The molecule has 0 spiro atoms. The third-order valence-corrected chi connectivity index (χ3v) is 6.11. The molecule has 1 aliphatic rings. The number of carbonyl (C=O) groups is 3. The van der Waals surface area contributed by atoms with Crippen molar-refractivity contribution in [3.8, 4) is 5.75 Å². The molecule has 10 nitrogen and oxygen atoms in total. The van der Waals surface area contributed by atoms with Crippen LogP contribution >= 0.6 is 19.3 Å². The van der Waals surface area contributed by atoms with E-state index in [2.05, 4.69) is 10.4 Å². The van der Waals surface area contributed by atoms with Crippen LogP contribution in [-0.2, 0) is 28.2 Å². The number of halogens is 1. The van der Waals surface area contributed by atoms with E-state index in [0.717, 1.165) is 0 Å². The topological polar surface area (TPSA) is 123 Å². The fourth-order valence-corrected chi connectivity index (χ4v) is 4.27. The standard InChI is InChI=1S/C19H25ClN3O7P/c1-14-11-17(29-19(14)23(13-25)9-7-18(26)21-2)12-28-31(27,22-8-10-24)30-16-5-3-15(20)4-6-16/h3-7,9-10,13-14,17,19H,8,11-12H2,1-2H3,(H,21,26)(H,22,27)/b9-7-. The van der Waals surface area contributed by atoms with E-state index in [1.165, 1.54) is 36.4 Å². The van der Waals surface area contributed by atoms with Gasteiger partial charge in [-0.25, -0.2) is 9.65 Å². The Morgan fingerprint density at radius 2 is 2.06 bits per heavy atom. The maximum atomic E-state index is 13.0. The number of carbonyl (C=O) groups excluding carboxylic acids is 3. The molecule has 31 heavy (non-hydrogen) atoms. The van der Waals surface area contributed by atoms with Crippen molar-refractivity contribution >= 4 is 38.0 Å². The van der Waals surface area contributed by atoms with Gasteiger partial charge in [0.2, 0.25) is 12.3 Å². The van der Waals surface area contributed by atoms with E-state index >= 15 is 0 Å². The highest BCUT2D eigenvalue weighted by atomic mass is 35.5. The summed E-state index contributed by atoms with van der Waals surface area (Å²) in [6.07, 6.45) is 3.04. The van der Waals surface area contributed by atoms with Gasteiger partial charge in [-0.05, 0) is 30.7 Å². The smallest absolute Gasteiger partial charge is 0.413 e. The number of nitrogens with zero attached hydrogens (tertiary/aromatic N) is 1. The summed E-state index contributed by atoms with van der Waals surface area (Å²) in [5.41, 5.74) is 0. The zero-order chi connectivity index (χ0) is 22.9. The van der Waals surface area contributed by atoms with Crippen LogP contribution in [0, 0.1) is 5.92 Å². The lowest BCUT2D eigenvalue weighted by Crippen LogP contribution is -2.34. The van der Waals surface area contributed by atoms with Gasteiger partial charge in [-0.3, -0.25) is 19.0 Å². The Bertz CT molecular complexity index is 836. The Kier molecular flexibility index (Phi) is 9.67. The molecule has 1 aliphatic heterocycles. The summed E-state index contributed by atoms with van der Waals surface area (Å²) in [5, 5.41) is 5.36. The first-order valence-electron chi connectivity index (χ1n) is 9.47. The van der Waals surface area contributed by atoms with Gasteiger partial charge in [0, 0.05) is 30.3 Å². The van der Waals surface area contributed by atoms with Gasteiger partial charge >= 0.3 is 7.75 Å². The fraction of sp³-hybridized carbons (Fsp3) is 0.421. The molecule has 2 N–H and O–H groups in total. The minimum absolute atomic E-state index is 0.0763. The van der Waals surface area contributed by atoms with Gasteiger partial charge < -0.3 is 19.4 Å². The molecule has 4 atom stereocenters. The van der Waals surface area contributed by atoms with Crippen molar-refractivity contribution in [2.24, 2.45) is 5.92 Å². The Labute approximate surface area is 185 Å². The first-order valence-corrected chi connectivity index (χ1v) is 11.4. The second-order valence-corrected chi connectivity index (χ2v) is 8.90. The van der Waals surface area contributed by atoms with Gasteiger partial charge in [-0.2, -0.15) is 0 Å². The minimum atomic E-state index is -3.88. The van der Waals surface area contributed by atoms with Gasteiger partial charge in [-0.1, -0.05) is 18.5 Å². The van der Waals surface area contributed by atoms with E-state index in [1.54, 1.807) is 12.1 Å². The highest BCUT2D eigenvalue weighted by Crippen LogP contribution is 2.45. The largest absolute Gasteiger partial charge is 0.459 e. The number of ether oxygens (including phenoxy) is 1. The second kappa shape index (κ2) is 12.0. The van der Waals surface area contributed by atoms with Crippen molar-refractivity contribution in [3.63, 3.8) is 0 Å². The summed E-state index contributed by atoms with van der Waals surface area (Å²) >= 11 is 5.84. The van der Waals surface area contributed by atoms with Crippen molar-refractivity contribution in [1.29, 1.82) is 0 Å². The lowest BCUT2D eigenvalue weighted by atomic mass is 10.1. The van der Waals surface area contributed by atoms with E-state index < -0.39 is 20.1 Å². The van der Waals surface area contributed by atoms with Gasteiger partial charge in [-0.15, -0.1) is 0 Å². The van der Waals surface area contributed by atoms with Crippen LogP contribution in [0.1, 0.15) is 13.3 Å². The SMILES string of the molecule is CNC(=O)/C=C\N(C=O)C1OC(COP(=O)(NCC=O)Oc2ccc(Cl)cc2)CC1C. The third kappa shape index (κ3) is 7.75. The van der Waals surface area contributed by atoms with E-state index in [-0.39, 0.29) is 30.7 Å². The molecular weight excluding hydrogens is 449 g/mol. The van der Waals surface area contributed by atoms with Gasteiger partial charge in [0.25, 0.3) is 0 Å². The molecule has 0 bridgehead atoms. The highest BCUT2D eigenvalue weighted by Gasteiger charge is 2.37. The van der Waals surface area contributed by atoms with Gasteiger partial charge in [0.1, 0.15) is 18.3 Å². The highest BCUT2D eigenvalue weighted by molar-refractivity contribution is 7.52. The van der Waals surface area contributed by atoms with Crippen molar-refractivity contribution in [3.05, 3.63) is 41.6 Å². The van der Waals surface area contributed by atoms with Crippen LogP contribution in [0.15, 0.2) is 36.5 Å². The molecule has 1 heterocycles. The summed E-state index contributed by atoms with van der Waals surface area (Å²) in [6.45, 7) is 1.53. The van der Waals surface area contributed by atoms with Crippen LogP contribution in [0.5, 0.6) is 5.75 Å². The molecule has 1 aromatic rings. The maximum Gasteiger partial charge on any atom is 0.459 e. The van der Waals surface area contributed by atoms with Crippen LogP contribution in [0.2, 0.25) is 5.02 Å². The second-order valence-electron chi connectivity index (χ2n) is 6.71. The molecule has 170 valence electrons. The van der Waals surface area contributed by atoms with Crippen molar-refractivity contribution in [2.75, 3.05) is 20.2 Å². The number of likely N-dealkylation sites (N-methyl/N-ethyl adjacent to an activating group) is 1. The molecule has 1 saturated heterocycles. The summed E-state index contributed by atoms with van der Waals surface area (Å²) in [4.78, 5) is 34.8. The Balaban J connectivity index is 2.01. The van der Waals surface area contributed by atoms with Crippen LogP contribution in [-0.4, -0.2) is 56.0 Å². The minimum Gasteiger partial charge on any atom is -0.413 e. The Morgan fingerprint density at radius 1 is 1.35 bits per heavy atom. The van der Waals surface area contributed by atoms with Crippen molar-refractivity contribution < 1.29 is 32.7 Å². The number of nitrogens with one attached hydrogen (secondary N) is 2. The average molecular weight is 474 g/mol. The van der Waals surface area contributed by atoms with Crippen LogP contribution in [0.25, 0.3) is 0 Å². The average Bonchev–Trinajstić information content (AvgIpc) is 3.13. The number of aldehydes is 1. The number of amides is 2. The van der Waals surface area contributed by atoms with E-state index in [4.69, 9.17) is 25.4 Å². The summed E-state index contributed by atoms with van der Waals surface area (Å²) < 4.78 is 29.8. The number of hydrogen-bond acceptors (Lipinski definition) is 7. The first-order chi connectivity index (χ1) is 14.8. The lowest BCUT2D eigenvalue weighted by molar-refractivity contribution is -0.129. The molecular formula is C19H25ClN3O7P. The lowest BCUT2D eigenvalue weighted by Gasteiger charge is -2.24. The molecule has 0 aromatic heterocycles. The summed E-state index contributed by atoms with van der Waals surface area (Å²) in [5.74, 6) is -0.192. The van der Waals surface area contributed by atoms with Gasteiger partial charge in [0.05, 0.1) is 19.3 Å². The molecule has 12 heteroatoms. The predicted molar refractivity (Wildman–Crippen MR) is 113 cm³/mol. The van der Waals surface area contributed by atoms with Crippen LogP contribution in [0.3, 0.4) is 0 Å². The van der Waals surface area contributed by atoms with Crippen molar-refractivity contribution in [2.45, 2.75) is 25.7 Å². The molecule has 2 rings (SSSR count). The maximum absolute atomic E-state index is 13.0. The number of rotatable bonds is 12. The quantitative estimate of drug-likeness (QED) is 0.269. The Morgan fingerprint density at radius 3 is 2.68 bits per heavy atom. The molecule has 0 saturated carbocycles. The Hall–Kier alpha value is -2.23. The van der Waals surface area contributed by atoms with E-state index in [0.29, 0.717) is 24.1 Å². The van der Waals surface area contributed by atoms with Crippen LogP contribution < -0.4 is 14.9 Å². The normalized spacial score (nSPS) is 22.6. The van der Waals surface area contributed by atoms with E-state index in [1.807, 2.05) is 6.92 Å². The number of benzene rings is 1. The molecule has 0 aliphatic carbocycles. The molecule has 2 amide bonds. The molecule has 0 radical (unpaired) electrons. The zero-order valence-electron chi connectivity index (χ0n) is 17.1. The van der Waals surface area contributed by atoms with Gasteiger partial charge in [0.15, 0.2) is 0 Å². The fourth-order valence-electron chi connectivity index (χ4n) is 2.88. The molecule has 1 aromatic carbocycles. The third-order valence-electron chi connectivity index (χ3n) is 4.35. The summed E-state index contributed by atoms with van der Waals surface area (Å²) in [6, 6.07) is 6.17. The first kappa shape index (κ1) is 25.0. The zero-order valence-corrected chi connectivity index (χ0v) is 18.8. The monoisotopic (exact) mass is 473 g/mol. The molecule has 4 unspecified atom stereocenters.